The number of aliphatic hydroxyl groups excluding tert-OH is 1. The normalized spacial score (nSPS) is 15.7. The first kappa shape index (κ1) is 62.6. The third kappa shape index (κ3) is 16.2. The van der Waals surface area contributed by atoms with Crippen LogP contribution in [-0.2, 0) is 40.7 Å². The van der Waals surface area contributed by atoms with E-state index in [9.17, 15) is 47.4 Å². The van der Waals surface area contributed by atoms with E-state index in [1.165, 1.54) is 17.5 Å². The maximum atomic E-state index is 17.1. The molecule has 23 nitrogen and oxygen atoms in total. The molecule has 4 aromatic rings. The molecule has 83 heavy (non-hydrogen) atoms. The van der Waals surface area contributed by atoms with Crippen LogP contribution in [0, 0.1) is 24.0 Å². The SMILES string of the molecule is C=C1CCC(=O)N1OC(=O)OC(C)c1cc(CO)c(OCCN(C)CCNC(=O)C(CS(=O)(=O)O)NC(=O)CCCOc2ccc(/C=C/c3cc(C)c4n3[B-](F)(F)[N+]3=C(c5ccc(C)[nH]5)C=C(CCC[N+](C)(C)C)C3=C4)cc2)cc1[N+](=O)[O-]. The lowest BCUT2D eigenvalue weighted by atomic mass is 9.88. The highest BCUT2D eigenvalue weighted by atomic mass is 32.2. The Labute approximate surface area is 480 Å². The first-order valence-electron chi connectivity index (χ1n) is 27.0. The molecule has 5 N–H and O–H groups in total. The number of halogens is 2. The molecule has 7 rings (SSSR count). The number of nitrogens with zero attached hydrogens (tertiary/aromatic N) is 6. The van der Waals surface area contributed by atoms with E-state index in [-0.39, 0.29) is 81.1 Å². The average Bonchev–Trinajstić information content (AvgIpc) is 1.91. The highest BCUT2D eigenvalue weighted by molar-refractivity contribution is 7.85. The number of carbonyl (C=O) groups excluding carboxylic acids is 4. The number of nitrogens with one attached hydrogen (secondary N) is 3. The summed E-state index contributed by atoms with van der Waals surface area (Å²) in [5.74, 6) is -2.73. The molecule has 0 bridgehead atoms. The molecule has 0 spiro atoms. The molecule has 2 aromatic carbocycles. The molecule has 0 radical (unpaired) electrons. The molecule has 5 heterocycles. The van der Waals surface area contributed by atoms with Gasteiger partial charge in [0.1, 0.15) is 41.7 Å². The van der Waals surface area contributed by atoms with Crippen molar-refractivity contribution in [3.05, 3.63) is 139 Å². The van der Waals surface area contributed by atoms with Gasteiger partial charge in [-0.05, 0) is 101 Å². The summed E-state index contributed by atoms with van der Waals surface area (Å²) in [6, 6.07) is 13.1. The Morgan fingerprint density at radius 3 is 2.40 bits per heavy atom. The lowest BCUT2D eigenvalue weighted by Gasteiger charge is -2.31. The van der Waals surface area contributed by atoms with Gasteiger partial charge in [-0.3, -0.25) is 33.9 Å². The number of fused-ring (bicyclic) bond motifs is 2. The van der Waals surface area contributed by atoms with Gasteiger partial charge in [0, 0.05) is 79.3 Å². The predicted molar refractivity (Wildman–Crippen MR) is 305 cm³/mol. The molecule has 3 amide bonds. The van der Waals surface area contributed by atoms with E-state index in [0.29, 0.717) is 51.3 Å². The van der Waals surface area contributed by atoms with E-state index in [2.05, 4.69) is 43.3 Å². The fourth-order valence-electron chi connectivity index (χ4n) is 9.77. The Kier molecular flexibility index (Phi) is 20.0. The van der Waals surface area contributed by atoms with Crippen molar-refractivity contribution in [3.8, 4) is 11.5 Å². The number of aliphatic hydroxyl groups is 1. The lowest BCUT2D eigenvalue weighted by Crippen LogP contribution is -2.51. The number of benzene rings is 2. The smallest absolute Gasteiger partial charge is 0.494 e. The van der Waals surface area contributed by atoms with Crippen LogP contribution in [0.1, 0.15) is 96.6 Å². The number of aromatic amines is 1. The minimum atomic E-state index is -4.72. The van der Waals surface area contributed by atoms with E-state index in [0.717, 1.165) is 44.8 Å². The van der Waals surface area contributed by atoms with E-state index in [4.69, 9.17) is 19.0 Å². The molecule has 0 saturated carbocycles. The molecule has 3 aliphatic rings. The summed E-state index contributed by atoms with van der Waals surface area (Å²) >= 11 is 0. The Morgan fingerprint density at radius 1 is 1.02 bits per heavy atom. The number of likely N-dealkylation sites (N-methyl/N-ethyl adjacent to an activating group) is 1. The second-order valence-corrected chi connectivity index (χ2v) is 23.2. The number of amides is 3. The fraction of sp³-hybridized carbons (Fsp3) is 0.411. The van der Waals surface area contributed by atoms with Crippen LogP contribution in [-0.4, -0.2) is 167 Å². The molecular formula is C56H71BF2N9O14S+. The maximum Gasteiger partial charge on any atom is 0.737 e. The number of hydrogen-bond acceptors (Lipinski definition) is 14. The van der Waals surface area contributed by atoms with Gasteiger partial charge in [-0.1, -0.05) is 24.8 Å². The van der Waals surface area contributed by atoms with Crippen LogP contribution in [0.3, 0.4) is 0 Å². The van der Waals surface area contributed by atoms with Crippen molar-refractivity contribution in [2.24, 2.45) is 0 Å². The summed E-state index contributed by atoms with van der Waals surface area (Å²) in [5, 5.41) is 27.7. The number of rotatable bonds is 28. The highest BCUT2D eigenvalue weighted by Crippen LogP contribution is 2.40. The van der Waals surface area contributed by atoms with Gasteiger partial charge < -0.3 is 61.9 Å². The number of quaternary nitrogens is 1. The number of hydroxylamine groups is 2. The molecule has 446 valence electrons. The number of hydrogen-bond donors (Lipinski definition) is 5. The van der Waals surface area contributed by atoms with Crippen molar-refractivity contribution in [1.82, 2.24) is 30.1 Å². The van der Waals surface area contributed by atoms with Gasteiger partial charge in [0.15, 0.2) is 11.4 Å². The highest BCUT2D eigenvalue weighted by Gasteiger charge is 2.54. The molecule has 1 saturated heterocycles. The van der Waals surface area contributed by atoms with Crippen molar-refractivity contribution < 1.29 is 78.8 Å². The Morgan fingerprint density at radius 2 is 1.76 bits per heavy atom. The number of ether oxygens (including phenoxy) is 3. The molecule has 0 aliphatic carbocycles. The minimum absolute atomic E-state index is 0.0294. The lowest BCUT2D eigenvalue weighted by molar-refractivity contribution is -0.870. The summed E-state index contributed by atoms with van der Waals surface area (Å²) in [7, 11) is 3.27. The van der Waals surface area contributed by atoms with Crippen LogP contribution in [0.15, 0.2) is 84.2 Å². The third-order valence-corrected chi connectivity index (χ3v) is 14.8. The van der Waals surface area contributed by atoms with Gasteiger partial charge in [0.25, 0.3) is 21.7 Å². The molecule has 27 heteroatoms. The van der Waals surface area contributed by atoms with Crippen molar-refractivity contribution in [2.75, 3.05) is 73.3 Å². The van der Waals surface area contributed by atoms with Crippen LogP contribution in [0.5, 0.6) is 11.5 Å². The van der Waals surface area contributed by atoms with Gasteiger partial charge in [0.05, 0.1) is 63.2 Å². The van der Waals surface area contributed by atoms with E-state index < -0.39 is 76.1 Å². The van der Waals surface area contributed by atoms with Gasteiger partial charge in [-0.15, -0.1) is 5.06 Å². The number of allylic oxidation sites excluding steroid dienone is 3. The summed E-state index contributed by atoms with van der Waals surface area (Å²) in [6.45, 7) is 5.03. The molecule has 1 fully saturated rings. The zero-order chi connectivity index (χ0) is 60.6. The molecule has 2 atom stereocenters. The number of aromatic nitrogens is 2. The first-order valence-corrected chi connectivity index (χ1v) is 28.6. The second-order valence-electron chi connectivity index (χ2n) is 21.7. The van der Waals surface area contributed by atoms with Crippen LogP contribution in [0.4, 0.5) is 19.1 Å². The number of nitro groups is 1. The maximum absolute atomic E-state index is 17.1. The quantitative estimate of drug-likeness (QED) is 0.00779. The predicted octanol–water partition coefficient (Wildman–Crippen LogP) is 6.43. The van der Waals surface area contributed by atoms with E-state index >= 15 is 8.63 Å². The van der Waals surface area contributed by atoms with Crippen molar-refractivity contribution >= 4 is 70.6 Å². The Bertz CT molecular complexity index is 3370. The monoisotopic (exact) mass is 1170 g/mol. The summed E-state index contributed by atoms with van der Waals surface area (Å²) < 4.78 is 87.4. The standard InChI is InChI=1S/C56H70BF2N9O14S/c1-36-29-43(64-48(36)32-49-41(11-9-26-68(6,7)8)31-51(65(49)57(64,58)59)46-21-13-37(2)61-46)18-15-40-16-19-44(20-17-40)79-27-10-12-53(70)62-47(35-83(76,77)78)55(72)60-23-24-63(5)25-28-80-52-33-50(67(74)75)45(30-42(52)34-69)39(4)81-56(73)82-66-38(3)14-22-54(66)71/h13,15-21,29-33,39,47,61,69H,3,9-12,14,22-28,34-35H2,1-2,4-8H3,(H2-,60,62,70,72,76,77,78)/p+1/b18-15+. The molecule has 2 unspecified atom stereocenters. The third-order valence-electron chi connectivity index (χ3n) is 14.0. The van der Waals surface area contributed by atoms with Crippen molar-refractivity contribution in [2.45, 2.75) is 78.0 Å². The molecular weight excluding hydrogens is 1100 g/mol. The Hall–Kier alpha value is -7.98. The van der Waals surface area contributed by atoms with E-state index in [1.807, 2.05) is 38.1 Å². The van der Waals surface area contributed by atoms with Crippen LogP contribution < -0.4 is 20.1 Å². The summed E-state index contributed by atoms with van der Waals surface area (Å²) in [6.07, 6.45) is 6.49. The molecule has 3 aliphatic heterocycles. The van der Waals surface area contributed by atoms with Gasteiger partial charge in [-0.25, -0.2) is 4.79 Å². The van der Waals surface area contributed by atoms with E-state index in [1.54, 1.807) is 54.4 Å². The van der Waals surface area contributed by atoms with Crippen molar-refractivity contribution in [1.29, 1.82) is 0 Å². The van der Waals surface area contributed by atoms with Crippen LogP contribution in [0.25, 0.3) is 18.2 Å². The average molecular weight is 1180 g/mol. The first-order chi connectivity index (χ1) is 39.1. The fourth-order valence-corrected chi connectivity index (χ4v) is 10.4. The number of aryl methyl sites for hydroxylation is 2. The van der Waals surface area contributed by atoms with Crippen molar-refractivity contribution in [3.63, 3.8) is 0 Å². The van der Waals surface area contributed by atoms with Gasteiger partial charge in [-0.2, -0.15) is 8.42 Å². The molecule has 2 aromatic heterocycles. The van der Waals surface area contributed by atoms with Gasteiger partial charge >= 0.3 is 13.1 Å². The second kappa shape index (κ2) is 26.5. The zero-order valence-electron chi connectivity index (χ0n) is 47.5. The number of carbonyl (C=O) groups is 4. The number of nitro benzene ring substituents is 1. The largest absolute Gasteiger partial charge is 0.737 e. The topological polar surface area (TPSA) is 277 Å². The summed E-state index contributed by atoms with van der Waals surface area (Å²) in [4.78, 5) is 71.6. The van der Waals surface area contributed by atoms with Gasteiger partial charge in [0.2, 0.25) is 11.8 Å². The summed E-state index contributed by atoms with van der Waals surface area (Å²) in [5.41, 5.74) is 5.34. The van der Waals surface area contributed by atoms with Crippen LogP contribution >= 0.6 is 0 Å². The van der Waals surface area contributed by atoms with Crippen LogP contribution in [0.2, 0.25) is 0 Å². The minimum Gasteiger partial charge on any atom is -0.494 e. The zero-order valence-corrected chi connectivity index (χ0v) is 48.3. The number of H-pyrrole nitrogens is 1. The Balaban J connectivity index is 0.865.